The van der Waals surface area contributed by atoms with Gasteiger partial charge in [0.15, 0.2) is 5.65 Å². The van der Waals surface area contributed by atoms with Gasteiger partial charge < -0.3 is 9.30 Å². The van der Waals surface area contributed by atoms with Gasteiger partial charge in [0.25, 0.3) is 0 Å². The minimum absolute atomic E-state index is 0.601. The van der Waals surface area contributed by atoms with E-state index in [2.05, 4.69) is 9.67 Å². The van der Waals surface area contributed by atoms with Crippen molar-refractivity contribution in [2.24, 2.45) is 13.0 Å². The summed E-state index contributed by atoms with van der Waals surface area (Å²) in [4.78, 5) is 4.75. The molecule has 6 heteroatoms. The van der Waals surface area contributed by atoms with Gasteiger partial charge in [0.05, 0.1) is 5.69 Å². The van der Waals surface area contributed by atoms with Crippen molar-refractivity contribution >= 4 is 22.8 Å². The summed E-state index contributed by atoms with van der Waals surface area (Å²) in [5, 5.41) is 4.48. The van der Waals surface area contributed by atoms with Gasteiger partial charge in [-0.15, -0.1) is 11.6 Å². The first kappa shape index (κ1) is 13.9. The molecular weight excluding hydrogens is 276 g/mol. The van der Waals surface area contributed by atoms with Crippen LogP contribution in [0.15, 0.2) is 0 Å². The highest BCUT2D eigenvalue weighted by molar-refractivity contribution is 6.17. The monoisotopic (exact) mass is 296 g/mol. The Kier molecular flexibility index (Phi) is 3.98. The van der Waals surface area contributed by atoms with Gasteiger partial charge in [0.2, 0.25) is 0 Å². The molecule has 1 aliphatic heterocycles. The van der Waals surface area contributed by atoms with Crippen LogP contribution in [-0.4, -0.2) is 38.4 Å². The molecule has 0 spiro atoms. The summed E-state index contributed by atoms with van der Waals surface area (Å²) in [7, 11) is 1.99. The fraction of sp³-hybridized carbons (Fsp3) is 0.714. The standard InChI is InChI=1S/C14H21ClN4O/c1-10-13-14(18(2)17-10)19(12(16-13)3-6-15)9-11-4-7-20-8-5-11/h11H,3-9H2,1-2H3. The molecule has 0 amide bonds. The van der Waals surface area contributed by atoms with Gasteiger partial charge in [-0.2, -0.15) is 5.10 Å². The highest BCUT2D eigenvalue weighted by Crippen LogP contribution is 2.24. The number of hydrogen-bond donors (Lipinski definition) is 0. The van der Waals surface area contributed by atoms with E-state index in [1.807, 2.05) is 18.7 Å². The van der Waals surface area contributed by atoms with Crippen LogP contribution in [-0.2, 0) is 24.8 Å². The topological polar surface area (TPSA) is 44.9 Å². The van der Waals surface area contributed by atoms with E-state index in [0.717, 1.165) is 61.7 Å². The smallest absolute Gasteiger partial charge is 0.158 e. The molecule has 5 nitrogen and oxygen atoms in total. The number of ether oxygens (including phenoxy) is 1. The summed E-state index contributed by atoms with van der Waals surface area (Å²) in [5.74, 6) is 2.34. The van der Waals surface area contributed by atoms with E-state index in [0.29, 0.717) is 11.8 Å². The van der Waals surface area contributed by atoms with Crippen LogP contribution < -0.4 is 0 Å². The quantitative estimate of drug-likeness (QED) is 0.813. The summed E-state index contributed by atoms with van der Waals surface area (Å²) in [6, 6.07) is 0. The summed E-state index contributed by atoms with van der Waals surface area (Å²) >= 11 is 5.93. The average molecular weight is 297 g/mol. The average Bonchev–Trinajstić information content (AvgIpc) is 2.92. The van der Waals surface area contributed by atoms with Crippen LogP contribution in [0, 0.1) is 12.8 Å². The zero-order chi connectivity index (χ0) is 14.1. The molecule has 0 N–H and O–H groups in total. The SMILES string of the molecule is Cc1nn(C)c2c1nc(CCCl)n2CC1CCOCC1. The fourth-order valence-electron chi connectivity index (χ4n) is 3.03. The number of halogens is 1. The third-order valence-electron chi connectivity index (χ3n) is 4.07. The Labute approximate surface area is 123 Å². The van der Waals surface area contributed by atoms with Crippen molar-refractivity contribution in [1.82, 2.24) is 19.3 Å². The van der Waals surface area contributed by atoms with Gasteiger partial charge in [0.1, 0.15) is 11.3 Å². The van der Waals surface area contributed by atoms with Gasteiger partial charge in [-0.05, 0) is 25.7 Å². The minimum Gasteiger partial charge on any atom is -0.381 e. The van der Waals surface area contributed by atoms with Crippen molar-refractivity contribution in [2.45, 2.75) is 32.7 Å². The van der Waals surface area contributed by atoms with E-state index in [1.165, 1.54) is 0 Å². The largest absolute Gasteiger partial charge is 0.381 e. The number of aryl methyl sites for hydroxylation is 3. The van der Waals surface area contributed by atoms with Crippen molar-refractivity contribution in [3.8, 4) is 0 Å². The Hall–Kier alpha value is -1.07. The van der Waals surface area contributed by atoms with Crippen LogP contribution in [0.1, 0.15) is 24.4 Å². The van der Waals surface area contributed by atoms with Crippen molar-refractivity contribution in [3.05, 3.63) is 11.5 Å². The minimum atomic E-state index is 0.601. The Bertz CT molecular complexity index is 598. The van der Waals surface area contributed by atoms with Crippen molar-refractivity contribution in [1.29, 1.82) is 0 Å². The van der Waals surface area contributed by atoms with Crippen molar-refractivity contribution in [3.63, 3.8) is 0 Å². The zero-order valence-corrected chi connectivity index (χ0v) is 12.9. The predicted octanol–water partition coefficient (Wildman–Crippen LogP) is 2.29. The number of imidazole rings is 1. The molecule has 1 fully saturated rings. The van der Waals surface area contributed by atoms with E-state index in [4.69, 9.17) is 21.3 Å². The highest BCUT2D eigenvalue weighted by Gasteiger charge is 2.21. The molecule has 1 aliphatic rings. The summed E-state index contributed by atoms with van der Waals surface area (Å²) in [6.07, 6.45) is 3.05. The van der Waals surface area contributed by atoms with Gasteiger partial charge in [-0.25, -0.2) is 4.98 Å². The number of alkyl halides is 1. The molecule has 0 bridgehead atoms. The molecule has 3 rings (SSSR count). The van der Waals surface area contributed by atoms with Crippen LogP contribution in [0.25, 0.3) is 11.2 Å². The maximum atomic E-state index is 5.93. The number of aromatic nitrogens is 4. The van der Waals surface area contributed by atoms with E-state index in [-0.39, 0.29) is 0 Å². The van der Waals surface area contributed by atoms with Gasteiger partial charge in [-0.1, -0.05) is 0 Å². The van der Waals surface area contributed by atoms with Crippen molar-refractivity contribution in [2.75, 3.05) is 19.1 Å². The maximum absolute atomic E-state index is 5.93. The molecule has 0 saturated carbocycles. The number of rotatable bonds is 4. The third-order valence-corrected chi connectivity index (χ3v) is 4.26. The van der Waals surface area contributed by atoms with Crippen LogP contribution in [0.4, 0.5) is 0 Å². The Morgan fingerprint density at radius 3 is 2.80 bits per heavy atom. The first-order chi connectivity index (χ1) is 9.70. The van der Waals surface area contributed by atoms with E-state index in [9.17, 15) is 0 Å². The van der Waals surface area contributed by atoms with E-state index >= 15 is 0 Å². The molecule has 110 valence electrons. The normalized spacial score (nSPS) is 17.1. The van der Waals surface area contributed by atoms with Gasteiger partial charge in [-0.3, -0.25) is 4.68 Å². The molecule has 0 aromatic carbocycles. The third kappa shape index (κ3) is 2.44. The number of nitrogens with zero attached hydrogens (tertiary/aromatic N) is 4. The van der Waals surface area contributed by atoms with Crippen LogP contribution >= 0.6 is 11.6 Å². The second kappa shape index (κ2) is 5.74. The molecule has 0 radical (unpaired) electrons. The Morgan fingerprint density at radius 1 is 1.35 bits per heavy atom. The lowest BCUT2D eigenvalue weighted by Gasteiger charge is -2.23. The highest BCUT2D eigenvalue weighted by atomic mass is 35.5. The summed E-state index contributed by atoms with van der Waals surface area (Å²) in [5.41, 5.74) is 3.12. The summed E-state index contributed by atoms with van der Waals surface area (Å²) < 4.78 is 9.70. The number of fused-ring (bicyclic) bond motifs is 1. The molecule has 2 aromatic heterocycles. The van der Waals surface area contributed by atoms with Crippen LogP contribution in [0.2, 0.25) is 0 Å². The Morgan fingerprint density at radius 2 is 2.10 bits per heavy atom. The second-order valence-corrected chi connectivity index (χ2v) is 5.89. The molecule has 3 heterocycles. The molecular formula is C14H21ClN4O. The molecule has 2 aromatic rings. The maximum Gasteiger partial charge on any atom is 0.158 e. The van der Waals surface area contributed by atoms with E-state index < -0.39 is 0 Å². The van der Waals surface area contributed by atoms with Crippen LogP contribution in [0.5, 0.6) is 0 Å². The molecule has 0 unspecified atom stereocenters. The molecule has 0 aliphatic carbocycles. The summed E-state index contributed by atoms with van der Waals surface area (Å²) in [6.45, 7) is 4.75. The van der Waals surface area contributed by atoms with Gasteiger partial charge in [0, 0.05) is 39.1 Å². The molecule has 0 atom stereocenters. The fourth-order valence-corrected chi connectivity index (χ4v) is 3.20. The molecule has 20 heavy (non-hydrogen) atoms. The van der Waals surface area contributed by atoms with Crippen molar-refractivity contribution < 1.29 is 4.74 Å². The lowest BCUT2D eigenvalue weighted by molar-refractivity contribution is 0.0613. The Balaban J connectivity index is 1.98. The number of hydrogen-bond acceptors (Lipinski definition) is 3. The molecule has 1 saturated heterocycles. The zero-order valence-electron chi connectivity index (χ0n) is 12.1. The van der Waals surface area contributed by atoms with Gasteiger partial charge >= 0.3 is 0 Å². The second-order valence-electron chi connectivity index (χ2n) is 5.51. The van der Waals surface area contributed by atoms with Crippen LogP contribution in [0.3, 0.4) is 0 Å². The first-order valence-electron chi connectivity index (χ1n) is 7.23. The lowest BCUT2D eigenvalue weighted by atomic mass is 10.0. The predicted molar refractivity (Wildman–Crippen MR) is 79.2 cm³/mol. The lowest BCUT2D eigenvalue weighted by Crippen LogP contribution is -2.22. The first-order valence-corrected chi connectivity index (χ1v) is 7.76. The van der Waals surface area contributed by atoms with E-state index in [1.54, 1.807) is 0 Å².